The number of rotatable bonds is 2. The first-order valence-corrected chi connectivity index (χ1v) is 7.85. The number of aromatic nitrogens is 2. The van der Waals surface area contributed by atoms with Crippen LogP contribution in [0.5, 0.6) is 0 Å². The van der Waals surface area contributed by atoms with Crippen LogP contribution in [-0.2, 0) is 0 Å². The molecule has 1 aromatic carbocycles. The van der Waals surface area contributed by atoms with Crippen LogP contribution < -0.4 is 10.6 Å². The summed E-state index contributed by atoms with van der Waals surface area (Å²) in [5.74, 6) is 0. The second-order valence-electron chi connectivity index (χ2n) is 5.45. The van der Waals surface area contributed by atoms with Crippen LogP contribution in [-0.4, -0.2) is 32.0 Å². The molecular formula is C14H18N4O2S. The quantitative estimate of drug-likeness (QED) is 0.795. The van der Waals surface area contributed by atoms with Crippen molar-refractivity contribution in [2.24, 2.45) is 0 Å². The molecular weight excluding hydrogens is 288 g/mol. The van der Waals surface area contributed by atoms with E-state index in [9.17, 15) is 9.90 Å². The van der Waals surface area contributed by atoms with Crippen LogP contribution >= 0.6 is 11.7 Å². The van der Waals surface area contributed by atoms with Gasteiger partial charge in [0.05, 0.1) is 29.6 Å². The van der Waals surface area contributed by atoms with Crippen molar-refractivity contribution in [2.75, 3.05) is 5.32 Å². The third-order valence-electron chi connectivity index (χ3n) is 3.92. The van der Waals surface area contributed by atoms with E-state index in [1.807, 2.05) is 19.1 Å². The Bertz CT molecular complexity index is 657. The number of hydrogen-bond acceptors (Lipinski definition) is 5. The molecule has 2 amide bonds. The SMILES string of the molecule is Cc1ccc2nsnc2c1NC(=O)NC1CCCCC1O. The molecule has 0 spiro atoms. The molecule has 1 aliphatic carbocycles. The molecule has 1 aromatic heterocycles. The predicted octanol–water partition coefficient (Wildman–Crippen LogP) is 2.42. The van der Waals surface area contributed by atoms with Crippen molar-refractivity contribution in [3.63, 3.8) is 0 Å². The standard InChI is InChI=1S/C14H18N4O2S/c1-8-6-7-10-13(18-21-17-10)12(8)16-14(20)15-9-4-2-3-5-11(9)19/h6-7,9,11,19H,2-5H2,1H3,(H2,15,16,20). The number of aliphatic hydroxyl groups is 1. The van der Waals surface area contributed by atoms with E-state index < -0.39 is 6.10 Å². The minimum Gasteiger partial charge on any atom is -0.391 e. The monoisotopic (exact) mass is 306 g/mol. The number of carbonyl (C=O) groups is 1. The highest BCUT2D eigenvalue weighted by atomic mass is 32.1. The number of amides is 2. The van der Waals surface area contributed by atoms with Gasteiger partial charge in [-0.05, 0) is 31.4 Å². The number of aliphatic hydroxyl groups excluding tert-OH is 1. The molecule has 6 nitrogen and oxygen atoms in total. The van der Waals surface area contributed by atoms with Gasteiger partial charge in [-0.3, -0.25) is 0 Å². The molecule has 21 heavy (non-hydrogen) atoms. The van der Waals surface area contributed by atoms with Gasteiger partial charge in [-0.2, -0.15) is 8.75 Å². The van der Waals surface area contributed by atoms with Gasteiger partial charge in [0.25, 0.3) is 0 Å². The van der Waals surface area contributed by atoms with Gasteiger partial charge in [-0.25, -0.2) is 4.79 Å². The highest BCUT2D eigenvalue weighted by Gasteiger charge is 2.24. The normalized spacial score (nSPS) is 22.2. The number of fused-ring (bicyclic) bond motifs is 1. The van der Waals surface area contributed by atoms with E-state index in [2.05, 4.69) is 19.4 Å². The van der Waals surface area contributed by atoms with Crippen LogP contribution in [0.25, 0.3) is 11.0 Å². The van der Waals surface area contributed by atoms with E-state index >= 15 is 0 Å². The molecule has 0 bridgehead atoms. The fourth-order valence-electron chi connectivity index (χ4n) is 2.71. The smallest absolute Gasteiger partial charge is 0.319 e. The van der Waals surface area contributed by atoms with Gasteiger partial charge in [0, 0.05) is 0 Å². The summed E-state index contributed by atoms with van der Waals surface area (Å²) in [6, 6.07) is 3.33. The molecule has 2 atom stereocenters. The number of hydrogen-bond donors (Lipinski definition) is 3. The zero-order valence-corrected chi connectivity index (χ0v) is 12.6. The van der Waals surface area contributed by atoms with Gasteiger partial charge < -0.3 is 15.7 Å². The Kier molecular flexibility index (Phi) is 4.03. The second-order valence-corrected chi connectivity index (χ2v) is 5.97. The average molecular weight is 306 g/mol. The fourth-order valence-corrected chi connectivity index (χ4v) is 3.25. The number of anilines is 1. The lowest BCUT2D eigenvalue weighted by Gasteiger charge is -2.28. The molecule has 3 N–H and O–H groups in total. The van der Waals surface area contributed by atoms with Crippen LogP contribution in [0.15, 0.2) is 12.1 Å². The maximum atomic E-state index is 12.2. The van der Waals surface area contributed by atoms with Crippen molar-refractivity contribution in [1.82, 2.24) is 14.1 Å². The third kappa shape index (κ3) is 2.98. The molecule has 0 saturated heterocycles. The molecule has 3 rings (SSSR count). The highest BCUT2D eigenvalue weighted by Crippen LogP contribution is 2.25. The molecule has 1 heterocycles. The van der Waals surface area contributed by atoms with Crippen molar-refractivity contribution in [3.8, 4) is 0 Å². The minimum absolute atomic E-state index is 0.174. The van der Waals surface area contributed by atoms with Crippen molar-refractivity contribution in [3.05, 3.63) is 17.7 Å². The topological polar surface area (TPSA) is 87.1 Å². The molecule has 0 radical (unpaired) electrons. The van der Waals surface area contributed by atoms with Gasteiger partial charge in [0.15, 0.2) is 0 Å². The maximum absolute atomic E-state index is 12.2. The summed E-state index contributed by atoms with van der Waals surface area (Å²) < 4.78 is 8.41. The van der Waals surface area contributed by atoms with Gasteiger partial charge in [0.2, 0.25) is 0 Å². The summed E-state index contributed by atoms with van der Waals surface area (Å²) in [5, 5.41) is 15.6. The summed E-state index contributed by atoms with van der Waals surface area (Å²) in [6.45, 7) is 1.92. The zero-order valence-electron chi connectivity index (χ0n) is 11.8. The number of aryl methyl sites for hydroxylation is 1. The van der Waals surface area contributed by atoms with Crippen molar-refractivity contribution in [2.45, 2.75) is 44.8 Å². The van der Waals surface area contributed by atoms with E-state index in [1.54, 1.807) is 0 Å². The first kappa shape index (κ1) is 14.2. The summed E-state index contributed by atoms with van der Waals surface area (Å²) in [7, 11) is 0. The van der Waals surface area contributed by atoms with E-state index in [-0.39, 0.29) is 12.1 Å². The molecule has 1 aliphatic rings. The summed E-state index contributed by atoms with van der Waals surface area (Å²) in [5.41, 5.74) is 3.11. The Labute approximate surface area is 126 Å². The maximum Gasteiger partial charge on any atom is 0.319 e. The van der Waals surface area contributed by atoms with Crippen LogP contribution in [0.2, 0.25) is 0 Å². The van der Waals surface area contributed by atoms with E-state index in [0.29, 0.717) is 11.2 Å². The molecule has 7 heteroatoms. The van der Waals surface area contributed by atoms with Crippen LogP contribution in [0, 0.1) is 6.92 Å². The predicted molar refractivity (Wildman–Crippen MR) is 82.6 cm³/mol. The average Bonchev–Trinajstić information content (AvgIpc) is 2.93. The number of urea groups is 1. The minimum atomic E-state index is -0.456. The third-order valence-corrected chi connectivity index (χ3v) is 4.46. The number of nitrogens with zero attached hydrogens (tertiary/aromatic N) is 2. The number of nitrogens with one attached hydrogen (secondary N) is 2. The zero-order chi connectivity index (χ0) is 14.8. The van der Waals surface area contributed by atoms with Crippen molar-refractivity contribution >= 4 is 34.5 Å². The summed E-state index contributed by atoms with van der Waals surface area (Å²) >= 11 is 1.13. The Morgan fingerprint density at radius 3 is 2.95 bits per heavy atom. The van der Waals surface area contributed by atoms with Crippen LogP contribution in [0.3, 0.4) is 0 Å². The molecule has 2 aromatic rings. The largest absolute Gasteiger partial charge is 0.391 e. The van der Waals surface area contributed by atoms with Crippen LogP contribution in [0.4, 0.5) is 10.5 Å². The van der Waals surface area contributed by atoms with E-state index in [0.717, 1.165) is 48.5 Å². The van der Waals surface area contributed by atoms with Gasteiger partial charge in [-0.1, -0.05) is 18.9 Å². The first-order valence-electron chi connectivity index (χ1n) is 7.12. The Balaban J connectivity index is 1.74. The second kappa shape index (κ2) is 5.95. The van der Waals surface area contributed by atoms with Crippen molar-refractivity contribution < 1.29 is 9.90 Å². The van der Waals surface area contributed by atoms with Gasteiger partial charge in [0.1, 0.15) is 11.0 Å². The van der Waals surface area contributed by atoms with Gasteiger partial charge >= 0.3 is 6.03 Å². The lowest BCUT2D eigenvalue weighted by molar-refractivity contribution is 0.0955. The Morgan fingerprint density at radius 2 is 2.14 bits per heavy atom. The number of benzene rings is 1. The lowest BCUT2D eigenvalue weighted by atomic mass is 9.93. The van der Waals surface area contributed by atoms with Crippen molar-refractivity contribution in [1.29, 1.82) is 0 Å². The fraction of sp³-hybridized carbons (Fsp3) is 0.500. The highest BCUT2D eigenvalue weighted by molar-refractivity contribution is 7.00. The van der Waals surface area contributed by atoms with Gasteiger partial charge in [-0.15, -0.1) is 0 Å². The lowest BCUT2D eigenvalue weighted by Crippen LogP contribution is -2.46. The Hall–Kier alpha value is -1.73. The molecule has 112 valence electrons. The molecule has 0 aliphatic heterocycles. The Morgan fingerprint density at radius 1 is 1.33 bits per heavy atom. The van der Waals surface area contributed by atoms with Crippen LogP contribution in [0.1, 0.15) is 31.2 Å². The summed E-state index contributed by atoms with van der Waals surface area (Å²) in [4.78, 5) is 12.2. The number of carbonyl (C=O) groups excluding carboxylic acids is 1. The molecule has 2 unspecified atom stereocenters. The molecule has 1 fully saturated rings. The van der Waals surface area contributed by atoms with E-state index in [1.165, 1.54) is 0 Å². The summed E-state index contributed by atoms with van der Waals surface area (Å²) in [6.07, 6.45) is 3.16. The van der Waals surface area contributed by atoms with E-state index in [4.69, 9.17) is 0 Å². The first-order chi connectivity index (χ1) is 10.1. The molecule has 1 saturated carbocycles.